The van der Waals surface area contributed by atoms with E-state index in [1.165, 1.54) is 23.9 Å². The first kappa shape index (κ1) is 21.7. The molecule has 0 fully saturated rings. The fourth-order valence-electron chi connectivity index (χ4n) is 2.24. The van der Waals surface area contributed by atoms with Crippen LogP contribution >= 0.6 is 11.8 Å². The third-order valence-electron chi connectivity index (χ3n) is 3.62. The first-order valence-corrected chi connectivity index (χ1v) is 9.51. The van der Waals surface area contributed by atoms with E-state index >= 15 is 0 Å². The van der Waals surface area contributed by atoms with E-state index in [0.29, 0.717) is 13.0 Å². The van der Waals surface area contributed by atoms with Crippen molar-refractivity contribution in [2.45, 2.75) is 30.1 Å². The first-order valence-electron chi connectivity index (χ1n) is 8.63. The van der Waals surface area contributed by atoms with Gasteiger partial charge in [-0.3, -0.25) is 9.59 Å². The summed E-state index contributed by atoms with van der Waals surface area (Å²) >= 11 is 1.36. The predicted octanol–water partition coefficient (Wildman–Crippen LogP) is 3.67. The molecule has 0 saturated carbocycles. The van der Waals surface area contributed by atoms with Gasteiger partial charge in [0.2, 0.25) is 0 Å². The van der Waals surface area contributed by atoms with Crippen molar-refractivity contribution in [2.75, 3.05) is 13.2 Å². The lowest BCUT2D eigenvalue weighted by atomic mass is 10.1. The summed E-state index contributed by atoms with van der Waals surface area (Å²) in [6.07, 6.45) is 0.509. The van der Waals surface area contributed by atoms with Gasteiger partial charge in [-0.1, -0.05) is 30.3 Å². The number of carbonyl (C=O) groups excluding carboxylic acids is 2. The van der Waals surface area contributed by atoms with Crippen molar-refractivity contribution < 1.29 is 27.8 Å². The first-order chi connectivity index (χ1) is 13.4. The van der Waals surface area contributed by atoms with Crippen LogP contribution in [0.1, 0.15) is 12.5 Å². The van der Waals surface area contributed by atoms with Crippen molar-refractivity contribution in [3.05, 3.63) is 60.2 Å². The average Bonchev–Trinajstić information content (AvgIpc) is 2.68. The van der Waals surface area contributed by atoms with Gasteiger partial charge in [0.05, 0.1) is 0 Å². The Morgan fingerprint density at radius 1 is 1.07 bits per heavy atom. The quantitative estimate of drug-likeness (QED) is 0.479. The third kappa shape index (κ3) is 7.96. The standard InChI is InChI=1S/C20H21F2NO4S/c1-14(28-17-5-3-2-4-6-17)19(25)26-13-18(24)23-12-11-15-7-9-16(10-8-15)27-20(21)22/h2-10,14,20H,11-13H2,1H3,(H,23,24). The molecule has 0 saturated heterocycles. The molecule has 8 heteroatoms. The molecule has 1 N–H and O–H groups in total. The minimum atomic E-state index is -2.86. The number of amides is 1. The molecule has 28 heavy (non-hydrogen) atoms. The van der Waals surface area contributed by atoms with E-state index in [9.17, 15) is 18.4 Å². The monoisotopic (exact) mass is 409 g/mol. The zero-order valence-electron chi connectivity index (χ0n) is 15.3. The zero-order valence-corrected chi connectivity index (χ0v) is 16.1. The number of hydrogen-bond acceptors (Lipinski definition) is 5. The summed E-state index contributed by atoms with van der Waals surface area (Å²) in [5.74, 6) is -0.779. The van der Waals surface area contributed by atoms with E-state index in [4.69, 9.17) is 4.74 Å². The van der Waals surface area contributed by atoms with E-state index in [1.807, 2.05) is 30.3 Å². The van der Waals surface area contributed by atoms with Gasteiger partial charge in [-0.05, 0) is 43.2 Å². The minimum Gasteiger partial charge on any atom is -0.455 e. The molecule has 0 spiro atoms. The van der Waals surface area contributed by atoms with Gasteiger partial charge in [-0.25, -0.2) is 0 Å². The molecule has 0 aliphatic heterocycles. The summed E-state index contributed by atoms with van der Waals surface area (Å²) in [6.45, 7) is -1.15. The number of halogens is 2. The van der Waals surface area contributed by atoms with Crippen LogP contribution in [0, 0.1) is 0 Å². The Morgan fingerprint density at radius 2 is 1.75 bits per heavy atom. The molecule has 0 aliphatic rings. The van der Waals surface area contributed by atoms with Crippen LogP contribution in [-0.4, -0.2) is 36.9 Å². The predicted molar refractivity (Wildman–Crippen MR) is 103 cm³/mol. The maximum atomic E-state index is 12.1. The van der Waals surface area contributed by atoms with Crippen LogP contribution in [0.15, 0.2) is 59.5 Å². The summed E-state index contributed by atoms with van der Waals surface area (Å²) in [5, 5.41) is 2.22. The second-order valence-corrected chi connectivity index (χ2v) is 7.22. The second-order valence-electron chi connectivity index (χ2n) is 5.80. The molecule has 0 aliphatic carbocycles. The summed E-state index contributed by atoms with van der Waals surface area (Å²) in [4.78, 5) is 24.7. The summed E-state index contributed by atoms with van der Waals surface area (Å²) in [5.41, 5.74) is 0.854. The van der Waals surface area contributed by atoms with Crippen LogP contribution in [0.4, 0.5) is 8.78 Å². The van der Waals surface area contributed by atoms with Crippen LogP contribution in [-0.2, 0) is 20.7 Å². The van der Waals surface area contributed by atoms with E-state index in [0.717, 1.165) is 10.5 Å². The van der Waals surface area contributed by atoms with Crippen LogP contribution in [0.25, 0.3) is 0 Å². The van der Waals surface area contributed by atoms with Gasteiger partial charge in [0.15, 0.2) is 6.61 Å². The number of hydrogen-bond donors (Lipinski definition) is 1. The average molecular weight is 409 g/mol. The molecule has 1 atom stereocenters. The van der Waals surface area contributed by atoms with Crippen molar-refractivity contribution in [1.82, 2.24) is 5.32 Å². The Labute approximate surface area is 166 Å². The number of esters is 1. The van der Waals surface area contributed by atoms with E-state index in [1.54, 1.807) is 19.1 Å². The van der Waals surface area contributed by atoms with E-state index in [2.05, 4.69) is 10.1 Å². The lowest BCUT2D eigenvalue weighted by molar-refractivity contribution is -0.147. The Bertz CT molecular complexity index is 757. The minimum absolute atomic E-state index is 0.0807. The zero-order chi connectivity index (χ0) is 20.4. The van der Waals surface area contributed by atoms with Crippen molar-refractivity contribution in [3.8, 4) is 5.75 Å². The lowest BCUT2D eigenvalue weighted by Crippen LogP contribution is -2.31. The maximum absolute atomic E-state index is 12.1. The molecule has 2 rings (SSSR count). The third-order valence-corrected chi connectivity index (χ3v) is 4.71. The Hall–Kier alpha value is -2.61. The van der Waals surface area contributed by atoms with Crippen LogP contribution < -0.4 is 10.1 Å². The lowest BCUT2D eigenvalue weighted by Gasteiger charge is -2.11. The number of nitrogens with one attached hydrogen (secondary N) is 1. The Kier molecular flexibility index (Phi) is 8.74. The molecular weight excluding hydrogens is 388 g/mol. The fraction of sp³-hybridized carbons (Fsp3) is 0.300. The fourth-order valence-corrected chi connectivity index (χ4v) is 3.13. The molecular formula is C20H21F2NO4S. The molecule has 2 aromatic carbocycles. The second kappa shape index (κ2) is 11.3. The highest BCUT2D eigenvalue weighted by Gasteiger charge is 2.17. The number of rotatable bonds is 10. The van der Waals surface area contributed by atoms with E-state index < -0.39 is 23.7 Å². The Morgan fingerprint density at radius 3 is 2.39 bits per heavy atom. The molecule has 150 valence electrons. The summed E-state index contributed by atoms with van der Waals surface area (Å²) in [7, 11) is 0. The van der Waals surface area contributed by atoms with Gasteiger partial charge < -0.3 is 14.8 Å². The molecule has 0 radical (unpaired) electrons. The van der Waals surface area contributed by atoms with Crippen LogP contribution in [0.5, 0.6) is 5.75 Å². The van der Waals surface area contributed by atoms with Crippen molar-refractivity contribution in [1.29, 1.82) is 0 Å². The van der Waals surface area contributed by atoms with E-state index in [-0.39, 0.29) is 12.4 Å². The number of benzene rings is 2. The van der Waals surface area contributed by atoms with Gasteiger partial charge in [0.1, 0.15) is 11.0 Å². The molecule has 0 heterocycles. The highest BCUT2D eigenvalue weighted by Crippen LogP contribution is 2.23. The van der Waals surface area contributed by atoms with Crippen LogP contribution in [0.2, 0.25) is 0 Å². The Balaban J connectivity index is 1.64. The summed E-state index contributed by atoms with van der Waals surface area (Å²) in [6, 6.07) is 15.6. The molecule has 2 aromatic rings. The number of thioether (sulfide) groups is 1. The van der Waals surface area contributed by atoms with Crippen LogP contribution in [0.3, 0.4) is 0 Å². The number of carbonyl (C=O) groups is 2. The normalized spacial score (nSPS) is 11.7. The number of alkyl halides is 2. The van der Waals surface area contributed by atoms with Gasteiger partial charge in [0, 0.05) is 11.4 Å². The van der Waals surface area contributed by atoms with Crippen molar-refractivity contribution in [2.24, 2.45) is 0 Å². The van der Waals surface area contributed by atoms with Crippen molar-refractivity contribution >= 4 is 23.6 Å². The molecule has 0 bridgehead atoms. The smallest absolute Gasteiger partial charge is 0.387 e. The van der Waals surface area contributed by atoms with Gasteiger partial charge in [-0.15, -0.1) is 11.8 Å². The largest absolute Gasteiger partial charge is 0.455 e. The number of ether oxygens (including phenoxy) is 2. The maximum Gasteiger partial charge on any atom is 0.387 e. The SMILES string of the molecule is CC(Sc1ccccc1)C(=O)OCC(=O)NCCc1ccc(OC(F)F)cc1. The van der Waals surface area contributed by atoms with Gasteiger partial charge >= 0.3 is 12.6 Å². The van der Waals surface area contributed by atoms with Crippen molar-refractivity contribution in [3.63, 3.8) is 0 Å². The molecule has 1 unspecified atom stereocenters. The molecule has 5 nitrogen and oxygen atoms in total. The van der Waals surface area contributed by atoms with Gasteiger partial charge in [0.25, 0.3) is 5.91 Å². The highest BCUT2D eigenvalue weighted by molar-refractivity contribution is 8.00. The summed E-state index contributed by atoms with van der Waals surface area (Å²) < 4.78 is 33.5. The molecule has 0 aromatic heterocycles. The molecule has 1 amide bonds. The van der Waals surface area contributed by atoms with Gasteiger partial charge in [-0.2, -0.15) is 8.78 Å². The topological polar surface area (TPSA) is 64.6 Å². The highest BCUT2D eigenvalue weighted by atomic mass is 32.2.